The van der Waals surface area contributed by atoms with Crippen molar-refractivity contribution >= 4 is 11.9 Å². The first-order valence-electron chi connectivity index (χ1n) is 8.65. The average Bonchev–Trinajstić information content (AvgIpc) is 2.56. The highest BCUT2D eigenvalue weighted by Crippen LogP contribution is 2.31. The summed E-state index contributed by atoms with van der Waals surface area (Å²) in [7, 11) is 0. The molecule has 2 N–H and O–H groups in total. The Balaban J connectivity index is 1.68. The van der Waals surface area contributed by atoms with Gasteiger partial charge in [0.2, 0.25) is 5.91 Å². The van der Waals surface area contributed by atoms with Gasteiger partial charge in [0.25, 0.3) is 0 Å². The molecule has 1 atom stereocenters. The van der Waals surface area contributed by atoms with E-state index in [-0.39, 0.29) is 5.91 Å². The number of aromatic carboxylic acids is 1. The van der Waals surface area contributed by atoms with Gasteiger partial charge in [-0.2, -0.15) is 0 Å². The summed E-state index contributed by atoms with van der Waals surface area (Å²) in [6, 6.07) is 6.82. The zero-order chi connectivity index (χ0) is 16.7. The molecule has 0 aliphatic heterocycles. The van der Waals surface area contributed by atoms with E-state index >= 15 is 0 Å². The van der Waals surface area contributed by atoms with Crippen LogP contribution in [-0.4, -0.2) is 23.5 Å². The molecule has 0 heterocycles. The molecule has 0 radical (unpaired) electrons. The number of hydrogen-bond acceptors (Lipinski definition) is 2. The van der Waals surface area contributed by atoms with Crippen LogP contribution < -0.4 is 5.32 Å². The molecule has 23 heavy (non-hydrogen) atoms. The molecule has 4 heteroatoms. The minimum Gasteiger partial charge on any atom is -0.478 e. The van der Waals surface area contributed by atoms with E-state index in [4.69, 9.17) is 5.11 Å². The molecule has 0 spiro atoms. The van der Waals surface area contributed by atoms with Crippen molar-refractivity contribution in [2.24, 2.45) is 11.8 Å². The summed E-state index contributed by atoms with van der Waals surface area (Å²) in [6.07, 6.45) is 7.84. The highest BCUT2D eigenvalue weighted by molar-refractivity contribution is 5.87. The summed E-state index contributed by atoms with van der Waals surface area (Å²) in [6.45, 7) is 2.79. The van der Waals surface area contributed by atoms with Crippen LogP contribution >= 0.6 is 0 Å². The van der Waals surface area contributed by atoms with Gasteiger partial charge >= 0.3 is 5.97 Å². The molecule has 1 saturated carbocycles. The Labute approximate surface area is 138 Å². The van der Waals surface area contributed by atoms with Gasteiger partial charge in [-0.25, -0.2) is 4.79 Å². The van der Waals surface area contributed by atoms with Crippen LogP contribution in [0.1, 0.15) is 61.4 Å². The predicted octanol–water partition coefficient (Wildman–Crippen LogP) is 3.65. The van der Waals surface area contributed by atoms with Crippen molar-refractivity contribution in [2.75, 3.05) is 6.54 Å². The summed E-state index contributed by atoms with van der Waals surface area (Å²) >= 11 is 0. The second-order valence-corrected chi connectivity index (χ2v) is 6.68. The van der Waals surface area contributed by atoms with Crippen molar-refractivity contribution in [2.45, 2.75) is 51.9 Å². The number of carbonyl (C=O) groups is 2. The van der Waals surface area contributed by atoms with Gasteiger partial charge in [0.05, 0.1) is 5.56 Å². The van der Waals surface area contributed by atoms with Crippen LogP contribution in [-0.2, 0) is 11.2 Å². The highest BCUT2D eigenvalue weighted by atomic mass is 16.4. The van der Waals surface area contributed by atoms with Crippen molar-refractivity contribution in [3.05, 3.63) is 35.4 Å². The lowest BCUT2D eigenvalue weighted by Crippen LogP contribution is -2.29. The lowest BCUT2D eigenvalue weighted by molar-refractivity contribution is -0.122. The van der Waals surface area contributed by atoms with Gasteiger partial charge in [0.15, 0.2) is 0 Å². The summed E-state index contributed by atoms with van der Waals surface area (Å²) in [5.41, 5.74) is 1.33. The quantitative estimate of drug-likeness (QED) is 0.806. The Morgan fingerprint density at radius 1 is 1.17 bits per heavy atom. The summed E-state index contributed by atoms with van der Waals surface area (Å²) in [5.74, 6) is 0.384. The molecule has 4 nitrogen and oxygen atoms in total. The fourth-order valence-corrected chi connectivity index (χ4v) is 3.39. The maximum atomic E-state index is 12.0. The van der Waals surface area contributed by atoms with E-state index in [1.165, 1.54) is 32.1 Å². The molecular weight excluding hydrogens is 290 g/mol. The Morgan fingerprint density at radius 2 is 1.83 bits per heavy atom. The third-order valence-corrected chi connectivity index (χ3v) is 4.90. The summed E-state index contributed by atoms with van der Waals surface area (Å²) < 4.78 is 0. The van der Waals surface area contributed by atoms with Gasteiger partial charge in [-0.05, 0) is 36.0 Å². The van der Waals surface area contributed by atoms with Crippen molar-refractivity contribution < 1.29 is 14.7 Å². The van der Waals surface area contributed by atoms with Gasteiger partial charge in [-0.1, -0.05) is 51.2 Å². The van der Waals surface area contributed by atoms with Crippen LogP contribution in [0, 0.1) is 11.8 Å². The van der Waals surface area contributed by atoms with Crippen LogP contribution in [0.2, 0.25) is 0 Å². The molecule has 126 valence electrons. The van der Waals surface area contributed by atoms with Gasteiger partial charge < -0.3 is 10.4 Å². The minimum atomic E-state index is -0.915. The number of amides is 1. The van der Waals surface area contributed by atoms with E-state index in [0.29, 0.717) is 30.4 Å². The molecule has 1 fully saturated rings. The summed E-state index contributed by atoms with van der Waals surface area (Å²) in [4.78, 5) is 22.8. The first-order chi connectivity index (χ1) is 11.1. The molecule has 1 aromatic carbocycles. The van der Waals surface area contributed by atoms with Gasteiger partial charge in [0, 0.05) is 13.0 Å². The SMILES string of the molecule is CC(CC(=O)NCCc1ccc(C(=O)O)cc1)C1CCCCC1. The van der Waals surface area contributed by atoms with E-state index in [1.54, 1.807) is 24.3 Å². The largest absolute Gasteiger partial charge is 0.478 e. The monoisotopic (exact) mass is 317 g/mol. The lowest BCUT2D eigenvalue weighted by atomic mass is 9.79. The Hall–Kier alpha value is -1.84. The summed E-state index contributed by atoms with van der Waals surface area (Å²) in [5, 5.41) is 11.8. The van der Waals surface area contributed by atoms with E-state index in [9.17, 15) is 9.59 Å². The molecule has 2 rings (SSSR count). The van der Waals surface area contributed by atoms with Crippen molar-refractivity contribution in [3.63, 3.8) is 0 Å². The van der Waals surface area contributed by atoms with Crippen LogP contribution in [0.4, 0.5) is 0 Å². The first-order valence-corrected chi connectivity index (χ1v) is 8.65. The van der Waals surface area contributed by atoms with Gasteiger partial charge in [-0.3, -0.25) is 4.79 Å². The lowest BCUT2D eigenvalue weighted by Gasteiger charge is -2.27. The molecule has 1 aliphatic carbocycles. The fraction of sp³-hybridized carbons (Fsp3) is 0.579. The number of hydrogen-bond donors (Lipinski definition) is 2. The van der Waals surface area contributed by atoms with Crippen LogP contribution in [0.3, 0.4) is 0 Å². The van der Waals surface area contributed by atoms with E-state index < -0.39 is 5.97 Å². The van der Waals surface area contributed by atoms with Crippen molar-refractivity contribution in [3.8, 4) is 0 Å². The number of rotatable bonds is 7. The molecule has 1 amide bonds. The average molecular weight is 317 g/mol. The van der Waals surface area contributed by atoms with Crippen molar-refractivity contribution in [1.82, 2.24) is 5.32 Å². The maximum Gasteiger partial charge on any atom is 0.335 e. The van der Waals surface area contributed by atoms with Gasteiger partial charge in [0.1, 0.15) is 0 Å². The Bertz CT molecular complexity index is 518. The zero-order valence-electron chi connectivity index (χ0n) is 13.9. The van der Waals surface area contributed by atoms with Crippen LogP contribution in [0.15, 0.2) is 24.3 Å². The van der Waals surface area contributed by atoms with Crippen LogP contribution in [0.5, 0.6) is 0 Å². The molecule has 0 aromatic heterocycles. The molecule has 0 bridgehead atoms. The van der Waals surface area contributed by atoms with Gasteiger partial charge in [-0.15, -0.1) is 0 Å². The van der Waals surface area contributed by atoms with Crippen molar-refractivity contribution in [1.29, 1.82) is 0 Å². The first kappa shape index (κ1) is 17.5. The zero-order valence-corrected chi connectivity index (χ0v) is 13.9. The normalized spacial score (nSPS) is 16.7. The van der Waals surface area contributed by atoms with E-state index in [1.807, 2.05) is 0 Å². The standard InChI is InChI=1S/C19H27NO3/c1-14(16-5-3-2-4-6-16)13-18(21)20-12-11-15-7-9-17(10-8-15)19(22)23/h7-10,14,16H,2-6,11-13H2,1H3,(H,20,21)(H,22,23). The predicted molar refractivity (Wildman–Crippen MR) is 90.5 cm³/mol. The number of carbonyl (C=O) groups excluding carboxylic acids is 1. The van der Waals surface area contributed by atoms with E-state index in [2.05, 4.69) is 12.2 Å². The topological polar surface area (TPSA) is 66.4 Å². The third kappa shape index (κ3) is 5.70. The number of carboxylic acid groups (broad SMARTS) is 1. The minimum absolute atomic E-state index is 0.130. The number of carboxylic acids is 1. The molecular formula is C19H27NO3. The third-order valence-electron chi connectivity index (χ3n) is 4.90. The molecule has 1 unspecified atom stereocenters. The second kappa shape index (κ2) is 8.70. The number of nitrogens with one attached hydrogen (secondary N) is 1. The van der Waals surface area contributed by atoms with Crippen LogP contribution in [0.25, 0.3) is 0 Å². The highest BCUT2D eigenvalue weighted by Gasteiger charge is 2.21. The fourth-order valence-electron chi connectivity index (χ4n) is 3.39. The Morgan fingerprint density at radius 3 is 2.43 bits per heavy atom. The number of benzene rings is 1. The molecule has 1 aromatic rings. The molecule has 0 saturated heterocycles. The molecule has 1 aliphatic rings. The smallest absolute Gasteiger partial charge is 0.335 e. The Kier molecular flexibility index (Phi) is 6.63. The maximum absolute atomic E-state index is 12.0. The second-order valence-electron chi connectivity index (χ2n) is 6.68. The van der Waals surface area contributed by atoms with E-state index in [0.717, 1.165) is 12.0 Å².